The molecule has 0 radical (unpaired) electrons. The Bertz CT molecular complexity index is 211. The lowest BCUT2D eigenvalue weighted by molar-refractivity contribution is 0.915. The molecule has 0 aliphatic rings. The Morgan fingerprint density at radius 3 is 2.60 bits per heavy atom. The summed E-state index contributed by atoms with van der Waals surface area (Å²) in [6.45, 7) is 3.50. The molecule has 52 valence electrons. The van der Waals surface area contributed by atoms with Gasteiger partial charge in [-0.25, -0.2) is 15.0 Å². The zero-order valence-corrected chi connectivity index (χ0v) is 5.99. The normalized spacial score (nSPS) is 12.5. The van der Waals surface area contributed by atoms with Crippen LogP contribution in [0.1, 0.15) is 11.2 Å². The molecule has 1 rings (SSSR count). The summed E-state index contributed by atoms with van der Waals surface area (Å²) in [5.41, 5.74) is 0. The van der Waals surface area contributed by atoms with Crippen LogP contribution < -0.4 is 0 Å². The topological polar surface area (TPSA) is 38.7 Å². The monoisotopic (exact) mass is 155 g/mol. The van der Waals surface area contributed by atoms with Gasteiger partial charge in [0.15, 0.2) is 5.82 Å². The summed E-state index contributed by atoms with van der Waals surface area (Å²) >= 11 is 5.72. The van der Waals surface area contributed by atoms with E-state index in [0.29, 0.717) is 5.82 Å². The van der Waals surface area contributed by atoms with Gasteiger partial charge in [-0.1, -0.05) is 6.08 Å². The number of hydrogen-bond donors (Lipinski definition) is 0. The number of aromatic nitrogens is 3. The van der Waals surface area contributed by atoms with Crippen LogP contribution in [-0.2, 0) is 0 Å². The van der Waals surface area contributed by atoms with Gasteiger partial charge < -0.3 is 0 Å². The highest BCUT2D eigenvalue weighted by molar-refractivity contribution is 6.21. The van der Waals surface area contributed by atoms with Crippen LogP contribution in [0, 0.1) is 0 Å². The van der Waals surface area contributed by atoms with Gasteiger partial charge in [-0.15, -0.1) is 18.2 Å². The van der Waals surface area contributed by atoms with E-state index in [1.54, 1.807) is 6.08 Å². The Balaban J connectivity index is 2.84. The number of halogens is 1. The summed E-state index contributed by atoms with van der Waals surface area (Å²) in [6.07, 6.45) is 4.37. The molecule has 0 spiro atoms. The van der Waals surface area contributed by atoms with Gasteiger partial charge in [0.05, 0.1) is 0 Å². The van der Waals surface area contributed by atoms with E-state index in [0.717, 1.165) is 0 Å². The number of allylic oxidation sites excluding steroid dienone is 1. The molecule has 0 aromatic carbocycles. The van der Waals surface area contributed by atoms with E-state index >= 15 is 0 Å². The Morgan fingerprint density at radius 1 is 1.50 bits per heavy atom. The van der Waals surface area contributed by atoms with Crippen molar-refractivity contribution in [3.05, 3.63) is 31.1 Å². The molecule has 3 nitrogen and oxygen atoms in total. The van der Waals surface area contributed by atoms with Crippen molar-refractivity contribution < 1.29 is 0 Å². The Kier molecular flexibility index (Phi) is 2.34. The van der Waals surface area contributed by atoms with Crippen molar-refractivity contribution in [3.8, 4) is 0 Å². The van der Waals surface area contributed by atoms with Crippen LogP contribution in [0.4, 0.5) is 0 Å². The molecule has 0 N–H and O–H groups in total. The predicted molar refractivity (Wildman–Crippen MR) is 38.6 cm³/mol. The van der Waals surface area contributed by atoms with Crippen LogP contribution in [0.5, 0.6) is 0 Å². The van der Waals surface area contributed by atoms with E-state index < -0.39 is 0 Å². The fraction of sp³-hybridized carbons (Fsp3) is 0.167. The zero-order chi connectivity index (χ0) is 7.40. The quantitative estimate of drug-likeness (QED) is 0.478. The number of alkyl halides is 1. The van der Waals surface area contributed by atoms with Crippen molar-refractivity contribution >= 4 is 11.6 Å². The van der Waals surface area contributed by atoms with E-state index in [4.69, 9.17) is 11.6 Å². The maximum atomic E-state index is 5.72. The van der Waals surface area contributed by atoms with E-state index in [1.807, 2.05) is 0 Å². The van der Waals surface area contributed by atoms with Crippen molar-refractivity contribution in [2.75, 3.05) is 0 Å². The second kappa shape index (κ2) is 3.27. The SMILES string of the molecule is C=CC(Cl)c1ncncn1. The second-order valence-corrected chi connectivity index (χ2v) is 2.10. The number of rotatable bonds is 2. The third kappa shape index (κ3) is 1.51. The summed E-state index contributed by atoms with van der Waals surface area (Å²) < 4.78 is 0. The van der Waals surface area contributed by atoms with Gasteiger partial charge in [0.1, 0.15) is 18.0 Å². The highest BCUT2D eigenvalue weighted by atomic mass is 35.5. The summed E-state index contributed by atoms with van der Waals surface area (Å²) in [6, 6.07) is 0. The van der Waals surface area contributed by atoms with E-state index in [2.05, 4.69) is 21.5 Å². The molecule has 10 heavy (non-hydrogen) atoms. The summed E-state index contributed by atoms with van der Waals surface area (Å²) in [5.74, 6) is 0.534. The minimum Gasteiger partial charge on any atom is -0.225 e. The first-order chi connectivity index (χ1) is 4.84. The molecule has 0 aliphatic carbocycles. The largest absolute Gasteiger partial charge is 0.225 e. The van der Waals surface area contributed by atoms with E-state index in [1.165, 1.54) is 12.7 Å². The van der Waals surface area contributed by atoms with Gasteiger partial charge in [0, 0.05) is 0 Å². The lowest BCUT2D eigenvalue weighted by Crippen LogP contribution is -1.94. The second-order valence-electron chi connectivity index (χ2n) is 1.63. The van der Waals surface area contributed by atoms with Gasteiger partial charge in [0.2, 0.25) is 0 Å². The van der Waals surface area contributed by atoms with Crippen LogP contribution in [-0.4, -0.2) is 15.0 Å². The van der Waals surface area contributed by atoms with Crippen LogP contribution in [0.3, 0.4) is 0 Å². The average molecular weight is 156 g/mol. The van der Waals surface area contributed by atoms with Crippen molar-refractivity contribution in [1.29, 1.82) is 0 Å². The maximum Gasteiger partial charge on any atom is 0.153 e. The zero-order valence-electron chi connectivity index (χ0n) is 5.24. The molecule has 0 aliphatic heterocycles. The standard InChI is InChI=1S/C6H6ClN3/c1-2-5(7)6-9-3-8-4-10-6/h2-5H,1H2. The molecule has 1 aromatic rings. The predicted octanol–water partition coefficient (Wildman–Crippen LogP) is 1.34. The van der Waals surface area contributed by atoms with Gasteiger partial charge in [-0.05, 0) is 0 Å². The molecule has 0 saturated heterocycles. The fourth-order valence-electron chi connectivity index (χ4n) is 0.496. The summed E-state index contributed by atoms with van der Waals surface area (Å²) in [5, 5.41) is -0.317. The van der Waals surface area contributed by atoms with Crippen LogP contribution >= 0.6 is 11.6 Å². The molecule has 1 heterocycles. The lowest BCUT2D eigenvalue weighted by atomic mass is 10.4. The Labute approximate surface area is 63.8 Å². The third-order valence-corrected chi connectivity index (χ3v) is 1.34. The Morgan fingerprint density at radius 2 is 2.10 bits per heavy atom. The highest BCUT2D eigenvalue weighted by Gasteiger charge is 2.03. The molecule has 0 fully saturated rings. The molecule has 1 unspecified atom stereocenters. The van der Waals surface area contributed by atoms with Gasteiger partial charge in [0.25, 0.3) is 0 Å². The lowest BCUT2D eigenvalue weighted by Gasteiger charge is -1.97. The maximum absolute atomic E-state index is 5.72. The van der Waals surface area contributed by atoms with Crippen LogP contribution in [0.2, 0.25) is 0 Å². The fourth-order valence-corrected chi connectivity index (χ4v) is 0.609. The van der Waals surface area contributed by atoms with Crippen LogP contribution in [0.15, 0.2) is 25.3 Å². The average Bonchev–Trinajstić information content (AvgIpc) is 2.05. The van der Waals surface area contributed by atoms with Crippen molar-refractivity contribution in [2.24, 2.45) is 0 Å². The van der Waals surface area contributed by atoms with E-state index in [-0.39, 0.29) is 5.38 Å². The smallest absolute Gasteiger partial charge is 0.153 e. The van der Waals surface area contributed by atoms with Gasteiger partial charge in [-0.2, -0.15) is 0 Å². The first-order valence-electron chi connectivity index (χ1n) is 2.73. The van der Waals surface area contributed by atoms with Crippen molar-refractivity contribution in [3.63, 3.8) is 0 Å². The summed E-state index contributed by atoms with van der Waals surface area (Å²) in [4.78, 5) is 11.3. The van der Waals surface area contributed by atoms with E-state index in [9.17, 15) is 0 Å². The minimum absolute atomic E-state index is 0.317. The first kappa shape index (κ1) is 7.15. The Hall–Kier alpha value is -0.960. The molecule has 4 heteroatoms. The molecule has 0 saturated carbocycles. The van der Waals surface area contributed by atoms with Gasteiger partial charge in [-0.3, -0.25) is 0 Å². The van der Waals surface area contributed by atoms with Gasteiger partial charge >= 0.3 is 0 Å². The first-order valence-corrected chi connectivity index (χ1v) is 3.16. The number of nitrogens with zero attached hydrogens (tertiary/aromatic N) is 3. The third-order valence-electron chi connectivity index (χ3n) is 0.967. The number of hydrogen-bond acceptors (Lipinski definition) is 3. The molecule has 1 atom stereocenters. The highest BCUT2D eigenvalue weighted by Crippen LogP contribution is 2.14. The molecular weight excluding hydrogens is 150 g/mol. The van der Waals surface area contributed by atoms with Crippen molar-refractivity contribution in [1.82, 2.24) is 15.0 Å². The van der Waals surface area contributed by atoms with Crippen LogP contribution in [0.25, 0.3) is 0 Å². The minimum atomic E-state index is -0.317. The molecule has 1 aromatic heterocycles. The molecular formula is C6H6ClN3. The summed E-state index contributed by atoms with van der Waals surface area (Å²) in [7, 11) is 0. The van der Waals surface area contributed by atoms with Crippen molar-refractivity contribution in [2.45, 2.75) is 5.38 Å². The molecule has 0 bridgehead atoms. The molecule has 0 amide bonds.